The van der Waals surface area contributed by atoms with Crippen LogP contribution in [0.3, 0.4) is 0 Å². The molecule has 0 saturated carbocycles. The lowest BCUT2D eigenvalue weighted by atomic mass is 10.1. The van der Waals surface area contributed by atoms with E-state index in [1.54, 1.807) is 0 Å². The Morgan fingerprint density at radius 1 is 1.12 bits per heavy atom. The zero-order valence-electron chi connectivity index (χ0n) is 13.2. The van der Waals surface area contributed by atoms with Crippen molar-refractivity contribution in [1.29, 1.82) is 0 Å². The Bertz CT molecular complexity index is 821. The highest BCUT2D eigenvalue weighted by Gasteiger charge is 2.18. The van der Waals surface area contributed by atoms with Crippen LogP contribution in [0.1, 0.15) is 5.56 Å². The third-order valence-electron chi connectivity index (χ3n) is 3.07. The molecular weight excluding hydrogens is 334 g/mol. The minimum absolute atomic E-state index is 0.162. The Hall–Kier alpha value is -3.76. The molecule has 2 rings (SSSR count). The van der Waals surface area contributed by atoms with Crippen LogP contribution in [0, 0.1) is 20.2 Å². The van der Waals surface area contributed by atoms with Crippen molar-refractivity contribution in [2.45, 2.75) is 0 Å². The van der Waals surface area contributed by atoms with Crippen LogP contribution in [0.25, 0.3) is 0 Å². The summed E-state index contributed by atoms with van der Waals surface area (Å²) in [7, 11) is 2.78. The number of hydrazone groups is 1. The Labute approximate surface area is 141 Å². The second kappa shape index (κ2) is 7.68. The Kier molecular flexibility index (Phi) is 5.40. The van der Waals surface area contributed by atoms with Crippen LogP contribution in [0.4, 0.5) is 17.2 Å². The molecule has 1 N–H and O–H groups in total. The maximum absolute atomic E-state index is 11.2. The summed E-state index contributed by atoms with van der Waals surface area (Å²) in [6.07, 6.45) is 2.28. The first-order valence-electron chi connectivity index (χ1n) is 6.76. The van der Waals surface area contributed by atoms with E-state index in [0.29, 0.717) is 5.75 Å². The third kappa shape index (κ3) is 4.16. The third-order valence-corrected chi connectivity index (χ3v) is 3.07. The molecule has 11 nitrogen and oxygen atoms in total. The lowest BCUT2D eigenvalue weighted by molar-refractivity contribution is -0.385. The summed E-state index contributed by atoms with van der Waals surface area (Å²) in [5.41, 5.74) is 2.33. The number of anilines is 1. The van der Waals surface area contributed by atoms with Gasteiger partial charge in [-0.2, -0.15) is 5.10 Å². The fourth-order valence-corrected chi connectivity index (χ4v) is 1.87. The second-order valence-electron chi connectivity index (χ2n) is 4.55. The van der Waals surface area contributed by atoms with Crippen LogP contribution >= 0.6 is 0 Å². The fraction of sp³-hybridized carbons (Fsp3) is 0.143. The SMILES string of the molecule is COc1cc(/C=N\Nc2ccc([N+](=O)[O-])cn2)c([N+](=O)[O-])cc1OC. The van der Waals surface area contributed by atoms with Gasteiger partial charge in [0.05, 0.1) is 41.9 Å². The van der Waals surface area contributed by atoms with Crippen molar-refractivity contribution in [1.82, 2.24) is 4.98 Å². The zero-order chi connectivity index (χ0) is 18.4. The van der Waals surface area contributed by atoms with E-state index < -0.39 is 9.85 Å². The molecule has 11 heteroatoms. The van der Waals surface area contributed by atoms with Crippen molar-refractivity contribution in [3.63, 3.8) is 0 Å². The monoisotopic (exact) mass is 347 g/mol. The van der Waals surface area contributed by atoms with Gasteiger partial charge >= 0.3 is 0 Å². The molecule has 0 unspecified atom stereocenters. The quantitative estimate of drug-likeness (QED) is 0.457. The van der Waals surface area contributed by atoms with Gasteiger partial charge in [-0.1, -0.05) is 0 Å². The minimum Gasteiger partial charge on any atom is -0.493 e. The van der Waals surface area contributed by atoms with Gasteiger partial charge in [0.1, 0.15) is 12.0 Å². The highest BCUT2D eigenvalue weighted by molar-refractivity contribution is 5.87. The van der Waals surface area contributed by atoms with Gasteiger partial charge in [-0.25, -0.2) is 4.98 Å². The predicted molar refractivity (Wildman–Crippen MR) is 88.3 cm³/mol. The Morgan fingerprint density at radius 2 is 1.80 bits per heavy atom. The highest BCUT2D eigenvalue weighted by Crippen LogP contribution is 2.33. The van der Waals surface area contributed by atoms with E-state index in [2.05, 4.69) is 15.5 Å². The smallest absolute Gasteiger partial charge is 0.287 e. The normalized spacial score (nSPS) is 10.5. The van der Waals surface area contributed by atoms with Crippen LogP contribution in [0.15, 0.2) is 35.6 Å². The maximum atomic E-state index is 11.2. The molecular formula is C14H13N5O6. The van der Waals surface area contributed by atoms with Gasteiger partial charge in [0, 0.05) is 6.07 Å². The van der Waals surface area contributed by atoms with Crippen LogP contribution in [-0.4, -0.2) is 35.3 Å². The largest absolute Gasteiger partial charge is 0.493 e. The summed E-state index contributed by atoms with van der Waals surface area (Å²) < 4.78 is 10.1. The van der Waals surface area contributed by atoms with Crippen molar-refractivity contribution in [2.75, 3.05) is 19.6 Å². The summed E-state index contributed by atoms with van der Waals surface area (Å²) in [5.74, 6) is 0.768. The van der Waals surface area contributed by atoms with E-state index in [4.69, 9.17) is 9.47 Å². The lowest BCUT2D eigenvalue weighted by Gasteiger charge is -2.08. The van der Waals surface area contributed by atoms with Gasteiger partial charge in [0.25, 0.3) is 11.4 Å². The topological polar surface area (TPSA) is 142 Å². The molecule has 1 aromatic heterocycles. The van der Waals surface area contributed by atoms with Crippen molar-refractivity contribution in [2.24, 2.45) is 5.10 Å². The lowest BCUT2D eigenvalue weighted by Crippen LogP contribution is -2.00. The minimum atomic E-state index is -0.576. The first kappa shape index (κ1) is 17.6. The van der Waals surface area contributed by atoms with Crippen molar-refractivity contribution in [3.05, 3.63) is 56.3 Å². The molecule has 0 aliphatic rings. The molecule has 0 saturated heterocycles. The number of methoxy groups -OCH3 is 2. The van der Waals surface area contributed by atoms with Gasteiger partial charge in [0.15, 0.2) is 11.5 Å². The molecule has 0 spiro atoms. The first-order chi connectivity index (χ1) is 12.0. The molecule has 0 aliphatic heterocycles. The average Bonchev–Trinajstić information content (AvgIpc) is 2.61. The molecule has 0 bridgehead atoms. The van der Waals surface area contributed by atoms with E-state index >= 15 is 0 Å². The molecule has 1 heterocycles. The van der Waals surface area contributed by atoms with Gasteiger partial charge in [0.2, 0.25) is 0 Å². The van der Waals surface area contributed by atoms with Crippen molar-refractivity contribution in [3.8, 4) is 11.5 Å². The maximum Gasteiger partial charge on any atom is 0.287 e. The van der Waals surface area contributed by atoms with E-state index in [1.807, 2.05) is 0 Å². The van der Waals surface area contributed by atoms with Crippen LogP contribution in [-0.2, 0) is 0 Å². The summed E-state index contributed by atoms with van der Waals surface area (Å²) in [4.78, 5) is 24.4. The molecule has 25 heavy (non-hydrogen) atoms. The number of nitrogens with one attached hydrogen (secondary N) is 1. The van der Waals surface area contributed by atoms with Gasteiger partial charge in [-0.15, -0.1) is 0 Å². The number of aromatic nitrogens is 1. The number of pyridine rings is 1. The van der Waals surface area contributed by atoms with Gasteiger partial charge in [-0.3, -0.25) is 25.7 Å². The molecule has 2 aromatic rings. The van der Waals surface area contributed by atoms with Crippen LogP contribution in [0.5, 0.6) is 11.5 Å². The average molecular weight is 347 g/mol. The molecule has 0 atom stereocenters. The van der Waals surface area contributed by atoms with Gasteiger partial charge in [-0.05, 0) is 12.1 Å². The molecule has 1 aromatic carbocycles. The fourth-order valence-electron chi connectivity index (χ4n) is 1.87. The summed E-state index contributed by atoms with van der Waals surface area (Å²) >= 11 is 0. The van der Waals surface area contributed by atoms with Gasteiger partial charge < -0.3 is 9.47 Å². The predicted octanol–water partition coefficient (Wildman–Crippen LogP) is 2.36. The van der Waals surface area contributed by atoms with Crippen molar-refractivity contribution < 1.29 is 19.3 Å². The standard InChI is InChI=1S/C14H13N5O6/c1-24-12-5-9(11(19(22)23)6-13(12)25-2)7-16-17-14-4-3-10(8-15-14)18(20)21/h3-8H,1-2H3,(H,15,17)/b16-7-. The number of nitro benzene ring substituents is 1. The Balaban J connectivity index is 2.24. The number of hydrogen-bond donors (Lipinski definition) is 1. The number of nitrogens with zero attached hydrogens (tertiary/aromatic N) is 4. The zero-order valence-corrected chi connectivity index (χ0v) is 13.2. The van der Waals surface area contributed by atoms with Crippen molar-refractivity contribution >= 4 is 23.4 Å². The molecule has 0 amide bonds. The van der Waals surface area contributed by atoms with E-state index in [1.165, 1.54) is 44.7 Å². The number of rotatable bonds is 7. The molecule has 130 valence electrons. The summed E-state index contributed by atoms with van der Waals surface area (Å²) in [5, 5.41) is 25.6. The Morgan fingerprint density at radius 3 is 2.32 bits per heavy atom. The number of benzene rings is 1. The molecule has 0 aliphatic carbocycles. The summed E-state index contributed by atoms with van der Waals surface area (Å²) in [6, 6.07) is 5.25. The van der Waals surface area contributed by atoms with E-state index in [9.17, 15) is 20.2 Å². The number of ether oxygens (including phenoxy) is 2. The number of hydrogen-bond acceptors (Lipinski definition) is 9. The number of nitro groups is 2. The van der Waals surface area contributed by atoms with Crippen LogP contribution < -0.4 is 14.9 Å². The first-order valence-corrected chi connectivity index (χ1v) is 6.76. The van der Waals surface area contributed by atoms with E-state index in [0.717, 1.165) is 6.20 Å². The van der Waals surface area contributed by atoms with E-state index in [-0.39, 0.29) is 28.5 Å². The second-order valence-corrected chi connectivity index (χ2v) is 4.55. The summed E-state index contributed by atoms with van der Waals surface area (Å²) in [6.45, 7) is 0. The molecule has 0 radical (unpaired) electrons. The van der Waals surface area contributed by atoms with Crippen LogP contribution in [0.2, 0.25) is 0 Å². The molecule has 0 fully saturated rings. The highest BCUT2D eigenvalue weighted by atomic mass is 16.6.